The third kappa shape index (κ3) is 8.55. The fourth-order valence-electron chi connectivity index (χ4n) is 3.78. The summed E-state index contributed by atoms with van der Waals surface area (Å²) in [5, 5.41) is 2.91. The number of sulfonamides is 1. The van der Waals surface area contributed by atoms with Gasteiger partial charge in [-0.05, 0) is 49.4 Å². The molecule has 2 aromatic rings. The average Bonchev–Trinajstić information content (AvgIpc) is 2.83. The lowest BCUT2D eigenvalue weighted by Crippen LogP contribution is -2.48. The van der Waals surface area contributed by atoms with Gasteiger partial charge in [0.25, 0.3) is 0 Å². The van der Waals surface area contributed by atoms with E-state index in [2.05, 4.69) is 5.32 Å². The third-order valence-electron chi connectivity index (χ3n) is 5.95. The molecule has 1 N–H and O–H groups in total. The smallest absolute Gasteiger partial charge is 0.242 e. The van der Waals surface area contributed by atoms with Crippen molar-refractivity contribution < 1.29 is 22.7 Å². The third-order valence-corrected chi connectivity index (χ3v) is 7.14. The number of aryl methyl sites for hydroxylation is 1. The van der Waals surface area contributed by atoms with Gasteiger partial charge in [0, 0.05) is 32.1 Å². The summed E-state index contributed by atoms with van der Waals surface area (Å²) in [6, 6.07) is 13.9. The Balaban J connectivity index is 2.18. The van der Waals surface area contributed by atoms with Crippen LogP contribution >= 0.6 is 0 Å². The first-order chi connectivity index (χ1) is 16.9. The van der Waals surface area contributed by atoms with Crippen molar-refractivity contribution in [2.24, 2.45) is 5.92 Å². The van der Waals surface area contributed by atoms with Crippen LogP contribution < -0.4 is 14.4 Å². The number of hydrogen-bond donors (Lipinski definition) is 1. The molecular formula is C27H39N3O5S. The minimum absolute atomic E-state index is 0.101. The lowest BCUT2D eigenvalue weighted by Gasteiger charge is -2.30. The van der Waals surface area contributed by atoms with Crippen molar-refractivity contribution in [3.8, 4) is 5.75 Å². The highest BCUT2D eigenvalue weighted by atomic mass is 32.2. The highest BCUT2D eigenvalue weighted by molar-refractivity contribution is 7.92. The van der Waals surface area contributed by atoms with E-state index in [1.165, 1.54) is 11.4 Å². The van der Waals surface area contributed by atoms with E-state index in [0.29, 0.717) is 36.9 Å². The van der Waals surface area contributed by atoms with Crippen molar-refractivity contribution in [3.63, 3.8) is 0 Å². The van der Waals surface area contributed by atoms with Crippen LogP contribution in [0.4, 0.5) is 5.69 Å². The molecular weight excluding hydrogens is 478 g/mol. The Kier molecular flexibility index (Phi) is 10.8. The van der Waals surface area contributed by atoms with Gasteiger partial charge < -0.3 is 15.0 Å². The van der Waals surface area contributed by atoms with Crippen molar-refractivity contribution in [2.45, 2.75) is 53.1 Å². The maximum Gasteiger partial charge on any atom is 0.242 e. The molecule has 0 saturated carbocycles. The number of methoxy groups -OCH3 is 1. The molecule has 0 spiro atoms. The molecule has 0 heterocycles. The summed E-state index contributed by atoms with van der Waals surface area (Å²) in [6.07, 6.45) is 1.54. The first kappa shape index (κ1) is 29.2. The Morgan fingerprint density at radius 2 is 1.75 bits per heavy atom. The number of ether oxygens (including phenoxy) is 1. The number of anilines is 1. The van der Waals surface area contributed by atoms with Crippen LogP contribution in [-0.2, 0) is 26.2 Å². The Morgan fingerprint density at radius 3 is 2.36 bits per heavy atom. The molecule has 0 saturated heterocycles. The van der Waals surface area contributed by atoms with Crippen molar-refractivity contribution in [1.82, 2.24) is 10.2 Å². The molecule has 0 aliphatic heterocycles. The minimum Gasteiger partial charge on any atom is -0.497 e. The van der Waals surface area contributed by atoms with Crippen LogP contribution in [0.5, 0.6) is 5.75 Å². The second-order valence-corrected chi connectivity index (χ2v) is 11.3. The summed E-state index contributed by atoms with van der Waals surface area (Å²) in [7, 11) is -2.05. The number of nitrogens with zero attached hydrogens (tertiary/aromatic N) is 2. The van der Waals surface area contributed by atoms with E-state index >= 15 is 0 Å². The Morgan fingerprint density at radius 1 is 1.06 bits per heavy atom. The number of amides is 2. The molecule has 2 rings (SSSR count). The maximum absolute atomic E-state index is 13.4. The van der Waals surface area contributed by atoms with Crippen LogP contribution in [0.3, 0.4) is 0 Å². The largest absolute Gasteiger partial charge is 0.497 e. The average molecular weight is 518 g/mol. The molecule has 9 heteroatoms. The predicted octanol–water partition coefficient (Wildman–Crippen LogP) is 3.74. The van der Waals surface area contributed by atoms with Gasteiger partial charge in [0.2, 0.25) is 21.8 Å². The van der Waals surface area contributed by atoms with E-state index in [1.807, 2.05) is 45.0 Å². The molecule has 0 aliphatic rings. The first-order valence-electron chi connectivity index (χ1n) is 12.2. The second kappa shape index (κ2) is 13.3. The highest BCUT2D eigenvalue weighted by Gasteiger charge is 2.27. The van der Waals surface area contributed by atoms with E-state index in [-0.39, 0.29) is 24.8 Å². The first-order valence-corrected chi connectivity index (χ1v) is 14.0. The van der Waals surface area contributed by atoms with Gasteiger partial charge in [-0.15, -0.1) is 0 Å². The van der Waals surface area contributed by atoms with Crippen molar-refractivity contribution >= 4 is 27.5 Å². The fourth-order valence-corrected chi connectivity index (χ4v) is 4.73. The van der Waals surface area contributed by atoms with Gasteiger partial charge in [0.05, 0.1) is 19.1 Å². The van der Waals surface area contributed by atoms with Crippen LogP contribution in [0.15, 0.2) is 48.5 Å². The summed E-state index contributed by atoms with van der Waals surface area (Å²) in [6.45, 7) is 8.68. The SMILES string of the molecule is COc1cccc(N(CCCC(=O)N(Cc2ccccc2C)[C@@H](C)C(=O)NCC(C)C)S(C)(=O)=O)c1. The van der Waals surface area contributed by atoms with E-state index < -0.39 is 16.1 Å². The highest BCUT2D eigenvalue weighted by Crippen LogP contribution is 2.24. The van der Waals surface area contributed by atoms with Gasteiger partial charge in [-0.1, -0.05) is 44.2 Å². The standard InChI is InChI=1S/C27H39N3O5S/c1-20(2)18-28-27(32)22(4)29(19-23-12-8-7-11-21(23)3)26(31)15-10-16-30(36(6,33)34)24-13-9-14-25(17-24)35-5/h7-9,11-14,17,20,22H,10,15-16,18-19H2,1-6H3,(H,28,32)/t22-/m0/s1. The van der Waals surface area contributed by atoms with E-state index in [0.717, 1.165) is 17.4 Å². The number of benzene rings is 2. The van der Waals surface area contributed by atoms with E-state index in [4.69, 9.17) is 4.74 Å². The van der Waals surface area contributed by atoms with Crippen LogP contribution in [0.25, 0.3) is 0 Å². The summed E-state index contributed by atoms with van der Waals surface area (Å²) in [5.74, 6) is 0.424. The second-order valence-electron chi connectivity index (χ2n) is 9.40. The molecule has 2 amide bonds. The number of carbonyl (C=O) groups excluding carboxylic acids is 2. The summed E-state index contributed by atoms with van der Waals surface area (Å²) < 4.78 is 31.5. The molecule has 0 fully saturated rings. The van der Waals surface area contributed by atoms with Crippen LogP contribution in [0.2, 0.25) is 0 Å². The lowest BCUT2D eigenvalue weighted by molar-refractivity contribution is -0.140. The zero-order chi connectivity index (χ0) is 26.9. The maximum atomic E-state index is 13.4. The minimum atomic E-state index is -3.57. The Labute approximate surface area is 215 Å². The predicted molar refractivity (Wildman–Crippen MR) is 143 cm³/mol. The Hall–Kier alpha value is -3.07. The van der Waals surface area contributed by atoms with Crippen molar-refractivity contribution in [1.29, 1.82) is 0 Å². The van der Waals surface area contributed by atoms with Gasteiger partial charge in [0.1, 0.15) is 11.8 Å². The van der Waals surface area contributed by atoms with E-state index in [9.17, 15) is 18.0 Å². The quantitative estimate of drug-likeness (QED) is 0.437. The lowest BCUT2D eigenvalue weighted by atomic mass is 10.1. The summed E-state index contributed by atoms with van der Waals surface area (Å²) in [4.78, 5) is 27.8. The van der Waals surface area contributed by atoms with Crippen LogP contribution in [0, 0.1) is 12.8 Å². The van der Waals surface area contributed by atoms with Gasteiger partial charge in [0.15, 0.2) is 0 Å². The van der Waals surface area contributed by atoms with Gasteiger partial charge in [-0.3, -0.25) is 13.9 Å². The zero-order valence-corrected chi connectivity index (χ0v) is 23.0. The molecule has 198 valence electrons. The molecule has 36 heavy (non-hydrogen) atoms. The van der Waals surface area contributed by atoms with Gasteiger partial charge in [-0.2, -0.15) is 0 Å². The molecule has 0 bridgehead atoms. The molecule has 2 aromatic carbocycles. The number of rotatable bonds is 13. The topological polar surface area (TPSA) is 96.0 Å². The van der Waals surface area contributed by atoms with Crippen molar-refractivity contribution in [3.05, 3.63) is 59.7 Å². The molecule has 0 unspecified atom stereocenters. The van der Waals surface area contributed by atoms with Gasteiger partial charge >= 0.3 is 0 Å². The fraction of sp³-hybridized carbons (Fsp3) is 0.481. The summed E-state index contributed by atoms with van der Waals surface area (Å²) >= 11 is 0. The van der Waals surface area contributed by atoms with E-state index in [1.54, 1.807) is 36.1 Å². The van der Waals surface area contributed by atoms with Crippen molar-refractivity contribution in [2.75, 3.05) is 30.8 Å². The normalized spacial score (nSPS) is 12.2. The van der Waals surface area contributed by atoms with Gasteiger partial charge in [-0.25, -0.2) is 8.42 Å². The molecule has 0 aliphatic carbocycles. The zero-order valence-electron chi connectivity index (χ0n) is 22.2. The Bertz CT molecular complexity index is 1130. The molecule has 0 aromatic heterocycles. The monoisotopic (exact) mass is 517 g/mol. The molecule has 1 atom stereocenters. The molecule has 8 nitrogen and oxygen atoms in total. The molecule has 0 radical (unpaired) electrons. The number of carbonyl (C=O) groups is 2. The van der Waals surface area contributed by atoms with Crippen LogP contribution in [-0.4, -0.2) is 57.6 Å². The summed E-state index contributed by atoms with van der Waals surface area (Å²) in [5.41, 5.74) is 2.47. The van der Waals surface area contributed by atoms with Crippen LogP contribution in [0.1, 0.15) is 44.7 Å². The number of hydrogen-bond acceptors (Lipinski definition) is 5. The number of nitrogens with one attached hydrogen (secondary N) is 1.